The first-order valence-corrected chi connectivity index (χ1v) is 5.30. The van der Waals surface area contributed by atoms with E-state index >= 15 is 0 Å². The lowest BCUT2D eigenvalue weighted by atomic mass is 10.2. The Morgan fingerprint density at radius 1 is 1.59 bits per heavy atom. The highest BCUT2D eigenvalue weighted by atomic mass is 16.5. The van der Waals surface area contributed by atoms with Crippen LogP contribution in [0, 0.1) is 5.92 Å². The van der Waals surface area contributed by atoms with Crippen molar-refractivity contribution in [3.05, 3.63) is 24.0 Å². The molecule has 0 spiro atoms. The molecule has 0 saturated heterocycles. The van der Waals surface area contributed by atoms with Crippen molar-refractivity contribution in [2.75, 3.05) is 0 Å². The van der Waals surface area contributed by atoms with Crippen molar-refractivity contribution in [1.82, 2.24) is 14.9 Å². The number of carboxylic acids is 1. The zero-order valence-electron chi connectivity index (χ0n) is 9.62. The number of hydrogen-bond acceptors (Lipinski definition) is 4. The van der Waals surface area contributed by atoms with E-state index in [1.54, 1.807) is 16.9 Å². The van der Waals surface area contributed by atoms with E-state index in [4.69, 9.17) is 9.63 Å². The predicted molar refractivity (Wildman–Crippen MR) is 59.5 cm³/mol. The van der Waals surface area contributed by atoms with Crippen molar-refractivity contribution in [1.29, 1.82) is 0 Å². The minimum atomic E-state index is -1.10. The summed E-state index contributed by atoms with van der Waals surface area (Å²) in [4.78, 5) is 10.7. The lowest BCUT2D eigenvalue weighted by molar-refractivity contribution is 0.0686. The first kappa shape index (κ1) is 11.4. The molecule has 2 aromatic rings. The topological polar surface area (TPSA) is 81.2 Å². The third-order valence-electron chi connectivity index (χ3n) is 2.24. The standard InChI is InChI=1S/C11H13N3O3/c1-7(2)6-14-9(3-4-12-14)10-5-8(11(15)16)13-17-10/h3-5,7H,6H2,1-2H3,(H,15,16). The van der Waals surface area contributed by atoms with Gasteiger partial charge in [0.15, 0.2) is 11.5 Å². The Labute approximate surface area is 97.8 Å². The Kier molecular flexibility index (Phi) is 2.95. The van der Waals surface area contributed by atoms with E-state index in [1.165, 1.54) is 6.07 Å². The molecule has 17 heavy (non-hydrogen) atoms. The molecule has 2 aromatic heterocycles. The first-order valence-electron chi connectivity index (χ1n) is 5.30. The summed E-state index contributed by atoms with van der Waals surface area (Å²) in [5.74, 6) is -0.244. The van der Waals surface area contributed by atoms with Crippen LogP contribution in [-0.4, -0.2) is 26.0 Å². The van der Waals surface area contributed by atoms with Crippen LogP contribution in [0.15, 0.2) is 22.9 Å². The summed E-state index contributed by atoms with van der Waals surface area (Å²) in [7, 11) is 0. The second kappa shape index (κ2) is 4.40. The highest BCUT2D eigenvalue weighted by Gasteiger charge is 2.15. The Balaban J connectivity index is 2.32. The van der Waals surface area contributed by atoms with Gasteiger partial charge in [-0.2, -0.15) is 5.10 Å². The molecule has 0 bridgehead atoms. The number of carbonyl (C=O) groups is 1. The molecule has 2 rings (SSSR count). The third kappa shape index (κ3) is 2.35. The highest BCUT2D eigenvalue weighted by Crippen LogP contribution is 2.20. The van der Waals surface area contributed by atoms with E-state index in [0.717, 1.165) is 12.2 Å². The Morgan fingerprint density at radius 2 is 2.35 bits per heavy atom. The summed E-state index contributed by atoms with van der Waals surface area (Å²) in [6.45, 7) is 4.90. The van der Waals surface area contributed by atoms with Gasteiger partial charge >= 0.3 is 5.97 Å². The van der Waals surface area contributed by atoms with Crippen LogP contribution in [0.2, 0.25) is 0 Å². The molecule has 0 saturated carbocycles. The van der Waals surface area contributed by atoms with Gasteiger partial charge in [0.1, 0.15) is 5.69 Å². The fourth-order valence-electron chi connectivity index (χ4n) is 1.53. The molecular weight excluding hydrogens is 222 g/mol. The summed E-state index contributed by atoms with van der Waals surface area (Å²) in [6, 6.07) is 3.17. The highest BCUT2D eigenvalue weighted by molar-refractivity contribution is 5.86. The van der Waals surface area contributed by atoms with Crippen molar-refractivity contribution in [2.24, 2.45) is 5.92 Å². The zero-order chi connectivity index (χ0) is 12.4. The van der Waals surface area contributed by atoms with Gasteiger partial charge in [0.25, 0.3) is 0 Å². The molecule has 0 aliphatic carbocycles. The first-order chi connectivity index (χ1) is 8.08. The van der Waals surface area contributed by atoms with E-state index in [0.29, 0.717) is 11.7 Å². The molecule has 0 aliphatic rings. The fraction of sp³-hybridized carbons (Fsp3) is 0.364. The number of carboxylic acid groups (broad SMARTS) is 1. The Morgan fingerprint density at radius 3 is 2.94 bits per heavy atom. The normalized spacial score (nSPS) is 11.0. The van der Waals surface area contributed by atoms with Gasteiger partial charge in [0.2, 0.25) is 0 Å². The maximum Gasteiger partial charge on any atom is 0.358 e. The molecule has 0 aromatic carbocycles. The third-order valence-corrected chi connectivity index (χ3v) is 2.24. The number of nitrogens with zero attached hydrogens (tertiary/aromatic N) is 3. The summed E-state index contributed by atoms with van der Waals surface area (Å²) in [6.07, 6.45) is 1.65. The van der Waals surface area contributed by atoms with Gasteiger partial charge in [-0.1, -0.05) is 19.0 Å². The van der Waals surface area contributed by atoms with Crippen LogP contribution in [0.3, 0.4) is 0 Å². The number of aromatic carboxylic acids is 1. The van der Waals surface area contributed by atoms with Crippen LogP contribution < -0.4 is 0 Å². The lowest BCUT2D eigenvalue weighted by Crippen LogP contribution is -2.07. The molecule has 6 heteroatoms. The van der Waals surface area contributed by atoms with Crippen molar-refractivity contribution in [3.8, 4) is 11.5 Å². The molecule has 6 nitrogen and oxygen atoms in total. The second-order valence-corrected chi connectivity index (χ2v) is 4.17. The molecule has 0 radical (unpaired) electrons. The average molecular weight is 235 g/mol. The molecule has 0 atom stereocenters. The summed E-state index contributed by atoms with van der Waals surface area (Å²) in [5.41, 5.74) is 0.635. The molecule has 2 heterocycles. The summed E-state index contributed by atoms with van der Waals surface area (Å²) in [5, 5.41) is 16.4. The maximum atomic E-state index is 10.7. The van der Waals surface area contributed by atoms with Crippen LogP contribution in [0.5, 0.6) is 0 Å². The molecule has 0 amide bonds. The predicted octanol–water partition coefficient (Wildman–Crippen LogP) is 1.89. The average Bonchev–Trinajstić information content (AvgIpc) is 2.83. The zero-order valence-corrected chi connectivity index (χ0v) is 9.62. The fourth-order valence-corrected chi connectivity index (χ4v) is 1.53. The van der Waals surface area contributed by atoms with Crippen molar-refractivity contribution < 1.29 is 14.4 Å². The van der Waals surface area contributed by atoms with Gasteiger partial charge in [-0.3, -0.25) is 4.68 Å². The molecule has 1 N–H and O–H groups in total. The van der Waals surface area contributed by atoms with Crippen molar-refractivity contribution in [2.45, 2.75) is 20.4 Å². The van der Waals surface area contributed by atoms with Crippen molar-refractivity contribution >= 4 is 5.97 Å². The van der Waals surface area contributed by atoms with E-state index < -0.39 is 5.97 Å². The van der Waals surface area contributed by atoms with E-state index in [1.807, 2.05) is 0 Å². The van der Waals surface area contributed by atoms with Gasteiger partial charge in [-0.05, 0) is 12.0 Å². The van der Waals surface area contributed by atoms with Crippen LogP contribution in [0.25, 0.3) is 11.5 Å². The lowest BCUT2D eigenvalue weighted by Gasteiger charge is -2.07. The Bertz CT molecular complexity index is 528. The monoisotopic (exact) mass is 235 g/mol. The minimum absolute atomic E-state index is 0.0997. The van der Waals surface area contributed by atoms with Crippen LogP contribution in [0.1, 0.15) is 24.3 Å². The molecule has 0 fully saturated rings. The quantitative estimate of drug-likeness (QED) is 0.875. The molecule has 0 unspecified atom stereocenters. The summed E-state index contributed by atoms with van der Waals surface area (Å²) >= 11 is 0. The van der Waals surface area contributed by atoms with Crippen LogP contribution in [-0.2, 0) is 6.54 Å². The van der Waals surface area contributed by atoms with E-state index in [2.05, 4.69) is 24.1 Å². The van der Waals surface area contributed by atoms with Crippen LogP contribution >= 0.6 is 0 Å². The number of aromatic nitrogens is 3. The van der Waals surface area contributed by atoms with Gasteiger partial charge in [-0.25, -0.2) is 4.79 Å². The Hall–Kier alpha value is -2.11. The van der Waals surface area contributed by atoms with E-state index in [-0.39, 0.29) is 5.69 Å². The maximum absolute atomic E-state index is 10.7. The van der Waals surface area contributed by atoms with Crippen LogP contribution in [0.4, 0.5) is 0 Å². The van der Waals surface area contributed by atoms with Gasteiger partial charge < -0.3 is 9.63 Å². The van der Waals surface area contributed by atoms with E-state index in [9.17, 15) is 4.79 Å². The number of rotatable bonds is 4. The van der Waals surface area contributed by atoms with Gasteiger partial charge in [0.05, 0.1) is 0 Å². The molecule has 90 valence electrons. The van der Waals surface area contributed by atoms with Gasteiger partial charge in [-0.15, -0.1) is 0 Å². The number of hydrogen-bond donors (Lipinski definition) is 1. The summed E-state index contributed by atoms with van der Waals surface area (Å²) < 4.78 is 6.78. The molecular formula is C11H13N3O3. The largest absolute Gasteiger partial charge is 0.476 e. The van der Waals surface area contributed by atoms with Crippen molar-refractivity contribution in [3.63, 3.8) is 0 Å². The SMILES string of the molecule is CC(C)Cn1nccc1-c1cc(C(=O)O)no1. The van der Waals surface area contributed by atoms with Gasteiger partial charge in [0, 0.05) is 18.8 Å². The molecule has 0 aliphatic heterocycles. The second-order valence-electron chi connectivity index (χ2n) is 4.17. The smallest absolute Gasteiger partial charge is 0.358 e. The minimum Gasteiger partial charge on any atom is -0.476 e.